The van der Waals surface area contributed by atoms with E-state index >= 15 is 0 Å². The lowest BCUT2D eigenvalue weighted by Crippen LogP contribution is -2.45. The molecule has 0 unspecified atom stereocenters. The monoisotopic (exact) mass is 523 g/mol. The first-order valence-electron chi connectivity index (χ1n) is 12.4. The number of nitrogens with zero attached hydrogens (tertiary/aromatic N) is 1. The molecule has 0 radical (unpaired) electrons. The predicted molar refractivity (Wildman–Crippen MR) is 133 cm³/mol. The molecule has 0 aromatic carbocycles. The summed E-state index contributed by atoms with van der Waals surface area (Å²) in [5.74, 6) is -2.85. The van der Waals surface area contributed by atoms with Crippen LogP contribution in [0.5, 0.6) is 0 Å². The molecule has 0 spiro atoms. The molecule has 0 amide bonds. The van der Waals surface area contributed by atoms with Crippen molar-refractivity contribution in [3.63, 3.8) is 0 Å². The molecule has 2 aliphatic rings. The number of aromatic nitrogens is 1. The number of ether oxygens (including phenoxy) is 2. The highest BCUT2D eigenvalue weighted by molar-refractivity contribution is 7.11. The van der Waals surface area contributed by atoms with E-state index in [1.165, 1.54) is 0 Å². The Kier molecular flexibility index (Phi) is 9.08. The summed E-state index contributed by atoms with van der Waals surface area (Å²) in [4.78, 5) is 41.2. The van der Waals surface area contributed by atoms with Crippen LogP contribution in [-0.4, -0.2) is 68.5 Å². The normalized spacial score (nSPS) is 34.5. The largest absolute Gasteiger partial charge is 0.476 e. The molecule has 3 heterocycles. The molecule has 3 N–H and O–H groups in total. The fraction of sp³-hybridized carbons (Fsp3) is 0.692. The first-order chi connectivity index (χ1) is 16.8. The van der Waals surface area contributed by atoms with Gasteiger partial charge in [0.25, 0.3) is 0 Å². The summed E-state index contributed by atoms with van der Waals surface area (Å²) in [5, 5.41) is 32.3. The zero-order valence-electron chi connectivity index (χ0n) is 21.5. The Morgan fingerprint density at radius 3 is 2.53 bits per heavy atom. The number of ketones is 1. The second kappa shape index (κ2) is 11.5. The average molecular weight is 524 g/mol. The minimum absolute atomic E-state index is 0.0257. The quantitative estimate of drug-likeness (QED) is 0.400. The smallest absolute Gasteiger partial charge is 0.365 e. The van der Waals surface area contributed by atoms with Crippen molar-refractivity contribution >= 4 is 35.1 Å². The summed E-state index contributed by atoms with van der Waals surface area (Å²) in [5.41, 5.74) is -0.120. The molecule has 36 heavy (non-hydrogen) atoms. The zero-order valence-corrected chi connectivity index (χ0v) is 22.3. The van der Waals surface area contributed by atoms with E-state index in [1.54, 1.807) is 39.2 Å². The minimum Gasteiger partial charge on any atom is -0.476 e. The molecule has 0 aliphatic carbocycles. The van der Waals surface area contributed by atoms with Crippen LogP contribution >= 0.6 is 11.3 Å². The van der Waals surface area contributed by atoms with Crippen molar-refractivity contribution in [2.45, 2.75) is 97.2 Å². The molecular weight excluding hydrogens is 486 g/mol. The van der Waals surface area contributed by atoms with Gasteiger partial charge >= 0.3 is 11.9 Å². The molecule has 200 valence electrons. The van der Waals surface area contributed by atoms with Crippen molar-refractivity contribution in [3.05, 3.63) is 21.7 Å². The number of carbonyl (C=O) groups is 3. The Labute approximate surface area is 215 Å². The van der Waals surface area contributed by atoms with Gasteiger partial charge < -0.3 is 24.8 Å². The van der Waals surface area contributed by atoms with Gasteiger partial charge in [0, 0.05) is 17.7 Å². The molecule has 1 aromatic rings. The van der Waals surface area contributed by atoms with Crippen LogP contribution in [0.4, 0.5) is 0 Å². The fourth-order valence-corrected chi connectivity index (χ4v) is 5.40. The predicted octanol–water partition coefficient (Wildman–Crippen LogP) is 3.48. The number of carboxylic acids is 1. The number of fused-ring (bicyclic) bond motifs is 1. The van der Waals surface area contributed by atoms with Gasteiger partial charge in [0.2, 0.25) is 5.01 Å². The Morgan fingerprint density at radius 2 is 1.89 bits per heavy atom. The van der Waals surface area contributed by atoms with E-state index in [0.29, 0.717) is 17.7 Å². The molecule has 2 fully saturated rings. The molecule has 9 nitrogen and oxygen atoms in total. The number of thiazole rings is 1. The Bertz CT molecular complexity index is 1000. The fourth-order valence-electron chi connectivity index (χ4n) is 4.79. The van der Waals surface area contributed by atoms with Crippen molar-refractivity contribution in [2.24, 2.45) is 17.3 Å². The van der Waals surface area contributed by atoms with E-state index < -0.39 is 41.6 Å². The molecule has 1 aromatic heterocycles. The van der Waals surface area contributed by atoms with Gasteiger partial charge in [-0.3, -0.25) is 9.59 Å². The Hall–Kier alpha value is -2.14. The van der Waals surface area contributed by atoms with Crippen molar-refractivity contribution < 1.29 is 39.2 Å². The lowest BCUT2D eigenvalue weighted by molar-refractivity contribution is -0.154. The Balaban J connectivity index is 1.82. The third kappa shape index (κ3) is 6.79. The van der Waals surface area contributed by atoms with Crippen LogP contribution in [0.25, 0.3) is 6.08 Å². The summed E-state index contributed by atoms with van der Waals surface area (Å²) in [7, 11) is 0. The summed E-state index contributed by atoms with van der Waals surface area (Å²) < 4.78 is 11.6. The van der Waals surface area contributed by atoms with Crippen LogP contribution in [0.1, 0.15) is 82.2 Å². The number of rotatable bonds is 3. The van der Waals surface area contributed by atoms with Gasteiger partial charge in [-0.15, -0.1) is 11.3 Å². The van der Waals surface area contributed by atoms with Gasteiger partial charge in [0.1, 0.15) is 11.9 Å². The number of Topliss-reactive ketones (excluding diaryl/α,β-unsaturated/α-hetero) is 1. The third-order valence-corrected chi connectivity index (χ3v) is 8.33. The van der Waals surface area contributed by atoms with Crippen LogP contribution in [0.15, 0.2) is 11.0 Å². The number of hydrogen-bond acceptors (Lipinski definition) is 9. The van der Waals surface area contributed by atoms with E-state index in [-0.39, 0.29) is 35.3 Å². The van der Waals surface area contributed by atoms with E-state index in [0.717, 1.165) is 30.6 Å². The highest BCUT2D eigenvalue weighted by atomic mass is 32.1. The number of cyclic esters (lactones) is 1. The SMILES string of the molecule is CC(=Cc1csc(C(=O)O)n1)[C@H]1C[C@@H]2O[C@H]2CCC[C@@H](C)[C@@H](O)[C@H](C)C(=O)C(C)(C)[C@H](O)CC(=O)O1. The summed E-state index contributed by atoms with van der Waals surface area (Å²) in [6, 6.07) is 0. The summed E-state index contributed by atoms with van der Waals surface area (Å²) in [6.45, 7) is 8.53. The first-order valence-corrected chi connectivity index (χ1v) is 13.3. The van der Waals surface area contributed by atoms with Crippen molar-refractivity contribution in [2.75, 3.05) is 0 Å². The van der Waals surface area contributed by atoms with Crippen molar-refractivity contribution in [1.29, 1.82) is 0 Å². The van der Waals surface area contributed by atoms with Crippen LogP contribution in [0.2, 0.25) is 0 Å². The second-order valence-electron chi connectivity index (χ2n) is 10.7. The molecule has 0 saturated carbocycles. The van der Waals surface area contributed by atoms with Crippen molar-refractivity contribution in [1.82, 2.24) is 4.98 Å². The van der Waals surface area contributed by atoms with E-state index in [9.17, 15) is 24.6 Å². The maximum Gasteiger partial charge on any atom is 0.365 e. The molecule has 7 atom stereocenters. The molecule has 3 rings (SSSR count). The average Bonchev–Trinajstić information content (AvgIpc) is 3.36. The second-order valence-corrected chi connectivity index (χ2v) is 11.5. The summed E-state index contributed by atoms with van der Waals surface area (Å²) >= 11 is 1.01. The van der Waals surface area contributed by atoms with Gasteiger partial charge in [-0.2, -0.15) is 0 Å². The van der Waals surface area contributed by atoms with Crippen LogP contribution in [-0.2, 0) is 19.1 Å². The zero-order chi connectivity index (χ0) is 26.8. The Morgan fingerprint density at radius 1 is 1.19 bits per heavy atom. The topological polar surface area (TPSA) is 147 Å². The minimum atomic E-state index is -1.29. The number of aliphatic hydroxyl groups is 2. The number of aromatic carboxylic acids is 1. The number of epoxide rings is 1. The van der Waals surface area contributed by atoms with Crippen LogP contribution in [0.3, 0.4) is 0 Å². The van der Waals surface area contributed by atoms with Gasteiger partial charge in [-0.25, -0.2) is 9.78 Å². The van der Waals surface area contributed by atoms with Crippen molar-refractivity contribution in [3.8, 4) is 0 Å². The van der Waals surface area contributed by atoms with Gasteiger partial charge in [-0.05, 0) is 37.3 Å². The third-order valence-electron chi connectivity index (χ3n) is 7.48. The summed E-state index contributed by atoms with van der Waals surface area (Å²) in [6.07, 6.45) is 1.23. The molecule has 0 bridgehead atoms. The van der Waals surface area contributed by atoms with Crippen LogP contribution in [0, 0.1) is 17.3 Å². The molecular formula is C26H37NO8S. The lowest BCUT2D eigenvalue weighted by Gasteiger charge is -2.34. The molecule has 2 aliphatic heterocycles. The highest BCUT2D eigenvalue weighted by Gasteiger charge is 2.44. The standard InChI is InChI=1S/C26H37NO8S/c1-13-7-6-8-17-19(34-17)10-18(14(2)9-16-12-36-24(27-16)25(32)33)35-21(29)11-20(28)26(4,5)23(31)15(3)22(13)30/h9,12-13,15,17-20,22,28,30H,6-8,10-11H2,1-5H3,(H,32,33)/t13-,15+,17+,18-,19+,20-,22-/m1/s1. The van der Waals surface area contributed by atoms with Gasteiger partial charge in [0.05, 0.1) is 41.9 Å². The number of aliphatic hydroxyl groups excluding tert-OH is 2. The number of carbonyl (C=O) groups excluding carboxylic acids is 2. The number of esters is 1. The lowest BCUT2D eigenvalue weighted by atomic mass is 9.73. The highest BCUT2D eigenvalue weighted by Crippen LogP contribution is 2.36. The van der Waals surface area contributed by atoms with Gasteiger partial charge in [-0.1, -0.05) is 34.1 Å². The van der Waals surface area contributed by atoms with Gasteiger partial charge in [0.15, 0.2) is 0 Å². The molecule has 10 heteroatoms. The van der Waals surface area contributed by atoms with E-state index in [4.69, 9.17) is 14.6 Å². The van der Waals surface area contributed by atoms with E-state index in [1.807, 2.05) is 6.92 Å². The van der Waals surface area contributed by atoms with Crippen LogP contribution < -0.4 is 0 Å². The first kappa shape index (κ1) is 28.4. The van der Waals surface area contributed by atoms with E-state index in [2.05, 4.69) is 4.98 Å². The number of hydrogen-bond donors (Lipinski definition) is 3. The number of carboxylic acid groups (broad SMARTS) is 1. The maximum absolute atomic E-state index is 13.2. The maximum atomic E-state index is 13.2. The molecule has 2 saturated heterocycles.